The van der Waals surface area contributed by atoms with E-state index >= 15 is 0 Å². The minimum atomic E-state index is -0.234. The molecule has 0 fully saturated rings. The van der Waals surface area contributed by atoms with Crippen LogP contribution in [0.5, 0.6) is 0 Å². The molecule has 0 aliphatic rings. The number of rotatable bonds is 5. The first-order valence-corrected chi connectivity index (χ1v) is 4.60. The van der Waals surface area contributed by atoms with Gasteiger partial charge in [-0.15, -0.1) is 0 Å². The second kappa shape index (κ2) is 5.67. The minimum Gasteiger partial charge on any atom is -0.392 e. The van der Waals surface area contributed by atoms with Gasteiger partial charge in [0.25, 0.3) is 0 Å². The Morgan fingerprint density at radius 3 is 2.77 bits per heavy atom. The Bertz CT molecular complexity index is 226. The number of aliphatic hydroxyl groups is 1. The topological polar surface area (TPSA) is 45.1 Å². The van der Waals surface area contributed by atoms with Gasteiger partial charge in [0.1, 0.15) is 0 Å². The summed E-state index contributed by atoms with van der Waals surface area (Å²) in [6, 6.07) is 3.93. The lowest BCUT2D eigenvalue weighted by Crippen LogP contribution is -2.25. The van der Waals surface area contributed by atoms with Crippen molar-refractivity contribution >= 4 is 0 Å². The first-order valence-electron chi connectivity index (χ1n) is 4.60. The minimum absolute atomic E-state index is 0.234. The van der Waals surface area contributed by atoms with Gasteiger partial charge in [-0.25, -0.2) is 0 Å². The molecule has 0 saturated carbocycles. The number of aromatic nitrogens is 1. The van der Waals surface area contributed by atoms with E-state index in [9.17, 15) is 5.11 Å². The molecule has 0 radical (unpaired) electrons. The maximum atomic E-state index is 9.26. The average molecular weight is 180 g/mol. The number of hydrogen-bond acceptors (Lipinski definition) is 3. The van der Waals surface area contributed by atoms with Gasteiger partial charge in [-0.1, -0.05) is 6.92 Å². The molecule has 0 amide bonds. The predicted octanol–water partition coefficient (Wildman–Crippen LogP) is 0.942. The maximum Gasteiger partial charge on any atom is 0.0662 e. The van der Waals surface area contributed by atoms with E-state index in [1.54, 1.807) is 12.4 Å². The highest BCUT2D eigenvalue weighted by molar-refractivity contribution is 5.08. The number of nitrogens with zero attached hydrogens (tertiary/aromatic N) is 1. The molecule has 0 saturated heterocycles. The third kappa shape index (κ3) is 4.01. The molecule has 1 aromatic heterocycles. The lowest BCUT2D eigenvalue weighted by atomic mass is 10.2. The van der Waals surface area contributed by atoms with Crippen molar-refractivity contribution in [1.29, 1.82) is 0 Å². The van der Waals surface area contributed by atoms with Gasteiger partial charge in [-0.3, -0.25) is 4.98 Å². The van der Waals surface area contributed by atoms with Crippen LogP contribution < -0.4 is 5.32 Å². The van der Waals surface area contributed by atoms with Gasteiger partial charge in [-0.2, -0.15) is 0 Å². The SMILES string of the molecule is CC[C@H](O)CNCc1ccncc1. The standard InChI is InChI=1S/C10H16N2O/c1-2-10(13)8-12-7-9-3-5-11-6-4-9/h3-6,10,12-13H,2,7-8H2,1H3/t10-/m0/s1. The molecule has 0 aromatic carbocycles. The van der Waals surface area contributed by atoms with Gasteiger partial charge in [-0.05, 0) is 24.1 Å². The zero-order chi connectivity index (χ0) is 9.52. The normalized spacial score (nSPS) is 12.8. The fourth-order valence-electron chi connectivity index (χ4n) is 1.03. The van der Waals surface area contributed by atoms with E-state index in [2.05, 4.69) is 10.3 Å². The third-order valence-corrected chi connectivity index (χ3v) is 1.93. The van der Waals surface area contributed by atoms with Crippen molar-refractivity contribution in [2.45, 2.75) is 26.0 Å². The van der Waals surface area contributed by atoms with Crippen molar-refractivity contribution < 1.29 is 5.11 Å². The zero-order valence-corrected chi connectivity index (χ0v) is 7.90. The Balaban J connectivity index is 2.20. The van der Waals surface area contributed by atoms with Crippen molar-refractivity contribution in [2.24, 2.45) is 0 Å². The van der Waals surface area contributed by atoms with Gasteiger partial charge < -0.3 is 10.4 Å². The lowest BCUT2D eigenvalue weighted by molar-refractivity contribution is 0.167. The summed E-state index contributed by atoms with van der Waals surface area (Å²) < 4.78 is 0. The van der Waals surface area contributed by atoms with Crippen molar-refractivity contribution in [3.8, 4) is 0 Å². The summed E-state index contributed by atoms with van der Waals surface area (Å²) in [6.45, 7) is 3.41. The van der Waals surface area contributed by atoms with Crippen LogP contribution in [0, 0.1) is 0 Å². The summed E-state index contributed by atoms with van der Waals surface area (Å²) >= 11 is 0. The first-order chi connectivity index (χ1) is 6.33. The first kappa shape index (κ1) is 10.2. The third-order valence-electron chi connectivity index (χ3n) is 1.93. The fourth-order valence-corrected chi connectivity index (χ4v) is 1.03. The molecule has 72 valence electrons. The van der Waals surface area contributed by atoms with Crippen molar-refractivity contribution in [3.05, 3.63) is 30.1 Å². The molecule has 1 rings (SSSR count). The van der Waals surface area contributed by atoms with Crippen LogP contribution in [-0.4, -0.2) is 22.7 Å². The maximum absolute atomic E-state index is 9.26. The van der Waals surface area contributed by atoms with Crippen LogP contribution in [0.4, 0.5) is 0 Å². The van der Waals surface area contributed by atoms with Crippen molar-refractivity contribution in [2.75, 3.05) is 6.54 Å². The monoisotopic (exact) mass is 180 g/mol. The van der Waals surface area contributed by atoms with E-state index in [0.717, 1.165) is 13.0 Å². The smallest absolute Gasteiger partial charge is 0.0662 e. The molecule has 1 heterocycles. The largest absolute Gasteiger partial charge is 0.392 e. The van der Waals surface area contributed by atoms with Crippen LogP contribution in [0.3, 0.4) is 0 Å². The van der Waals surface area contributed by atoms with Crippen LogP contribution in [0.15, 0.2) is 24.5 Å². The summed E-state index contributed by atoms with van der Waals surface area (Å²) in [4.78, 5) is 3.93. The molecule has 0 unspecified atom stereocenters. The number of pyridine rings is 1. The molecular formula is C10H16N2O. The van der Waals surface area contributed by atoms with E-state index < -0.39 is 0 Å². The summed E-state index contributed by atoms with van der Waals surface area (Å²) in [6.07, 6.45) is 4.10. The Morgan fingerprint density at radius 1 is 1.46 bits per heavy atom. The molecule has 13 heavy (non-hydrogen) atoms. The van der Waals surface area contributed by atoms with Crippen LogP contribution in [-0.2, 0) is 6.54 Å². The number of aliphatic hydroxyl groups excluding tert-OH is 1. The molecule has 3 heteroatoms. The van der Waals surface area contributed by atoms with Gasteiger partial charge in [0, 0.05) is 25.5 Å². The van der Waals surface area contributed by atoms with Gasteiger partial charge in [0.2, 0.25) is 0 Å². The highest BCUT2D eigenvalue weighted by atomic mass is 16.3. The number of hydrogen-bond donors (Lipinski definition) is 2. The van der Waals surface area contributed by atoms with Crippen LogP contribution in [0.25, 0.3) is 0 Å². The number of nitrogens with one attached hydrogen (secondary N) is 1. The highest BCUT2D eigenvalue weighted by Crippen LogP contribution is 1.95. The predicted molar refractivity (Wildman–Crippen MR) is 52.2 cm³/mol. The lowest BCUT2D eigenvalue weighted by Gasteiger charge is -2.08. The second-order valence-corrected chi connectivity index (χ2v) is 3.05. The fraction of sp³-hybridized carbons (Fsp3) is 0.500. The molecule has 1 aromatic rings. The van der Waals surface area contributed by atoms with E-state index in [-0.39, 0.29) is 6.10 Å². The summed E-state index contributed by atoms with van der Waals surface area (Å²) in [5.74, 6) is 0. The van der Waals surface area contributed by atoms with E-state index in [1.165, 1.54) is 5.56 Å². The quantitative estimate of drug-likeness (QED) is 0.709. The highest BCUT2D eigenvalue weighted by Gasteiger charge is 1.98. The summed E-state index contributed by atoms with van der Waals surface area (Å²) in [5.41, 5.74) is 1.19. The van der Waals surface area contributed by atoms with E-state index in [4.69, 9.17) is 0 Å². The molecule has 1 atom stereocenters. The molecule has 3 nitrogen and oxygen atoms in total. The second-order valence-electron chi connectivity index (χ2n) is 3.05. The Hall–Kier alpha value is -0.930. The molecule has 0 aliphatic heterocycles. The molecular weight excluding hydrogens is 164 g/mol. The van der Waals surface area contributed by atoms with Crippen LogP contribution in [0.2, 0.25) is 0 Å². The van der Waals surface area contributed by atoms with Crippen molar-refractivity contribution in [3.63, 3.8) is 0 Å². The summed E-state index contributed by atoms with van der Waals surface area (Å²) in [7, 11) is 0. The van der Waals surface area contributed by atoms with Gasteiger partial charge in [0.05, 0.1) is 6.10 Å². The Kier molecular flexibility index (Phi) is 4.43. The molecule has 0 spiro atoms. The molecule has 0 bridgehead atoms. The van der Waals surface area contributed by atoms with Crippen LogP contribution >= 0.6 is 0 Å². The van der Waals surface area contributed by atoms with Gasteiger partial charge in [0.15, 0.2) is 0 Å². The Morgan fingerprint density at radius 2 is 2.15 bits per heavy atom. The van der Waals surface area contributed by atoms with Crippen LogP contribution in [0.1, 0.15) is 18.9 Å². The van der Waals surface area contributed by atoms with Crippen molar-refractivity contribution in [1.82, 2.24) is 10.3 Å². The van der Waals surface area contributed by atoms with Gasteiger partial charge >= 0.3 is 0 Å². The Labute approximate surface area is 78.8 Å². The molecule has 2 N–H and O–H groups in total. The van der Waals surface area contributed by atoms with E-state index in [0.29, 0.717) is 6.54 Å². The average Bonchev–Trinajstić information content (AvgIpc) is 2.19. The summed E-state index contributed by atoms with van der Waals surface area (Å²) in [5, 5.41) is 12.4. The zero-order valence-electron chi connectivity index (χ0n) is 7.90. The molecule has 0 aliphatic carbocycles. The van der Waals surface area contributed by atoms with E-state index in [1.807, 2.05) is 19.1 Å².